The molecule has 0 fully saturated rings. The Labute approximate surface area is 121 Å². The van der Waals surface area contributed by atoms with E-state index in [0.29, 0.717) is 11.3 Å². The molecule has 5 heteroatoms. The van der Waals surface area contributed by atoms with E-state index in [9.17, 15) is 13.9 Å². The van der Waals surface area contributed by atoms with Crippen LogP contribution in [0.2, 0.25) is 0 Å². The standard InChI is InChI=1S/C16H16F2O3/c1-10-3-4-16(20-2)14(5-10)15(19)9-21-13-7-11(17)6-12(18)8-13/h3-8,15,19H,9H2,1-2H3. The van der Waals surface area contributed by atoms with Crippen molar-refractivity contribution in [3.05, 3.63) is 59.2 Å². The van der Waals surface area contributed by atoms with Crippen molar-refractivity contribution in [3.63, 3.8) is 0 Å². The van der Waals surface area contributed by atoms with Gasteiger partial charge in [-0.1, -0.05) is 11.6 Å². The number of halogens is 2. The Morgan fingerprint density at radius 1 is 1.10 bits per heavy atom. The van der Waals surface area contributed by atoms with Crippen LogP contribution in [0.1, 0.15) is 17.2 Å². The quantitative estimate of drug-likeness (QED) is 0.918. The number of aliphatic hydroxyl groups excluding tert-OH is 1. The molecule has 112 valence electrons. The van der Waals surface area contributed by atoms with Gasteiger partial charge >= 0.3 is 0 Å². The summed E-state index contributed by atoms with van der Waals surface area (Å²) in [5.74, 6) is -0.902. The average molecular weight is 294 g/mol. The Kier molecular flexibility index (Phi) is 4.75. The van der Waals surface area contributed by atoms with Gasteiger partial charge < -0.3 is 14.6 Å². The zero-order chi connectivity index (χ0) is 15.4. The summed E-state index contributed by atoms with van der Waals surface area (Å²) in [6.45, 7) is 1.75. The Morgan fingerprint density at radius 2 is 1.76 bits per heavy atom. The van der Waals surface area contributed by atoms with Gasteiger partial charge in [0.25, 0.3) is 0 Å². The summed E-state index contributed by atoms with van der Waals surface area (Å²) in [4.78, 5) is 0. The molecule has 0 radical (unpaired) electrons. The third kappa shape index (κ3) is 3.92. The zero-order valence-electron chi connectivity index (χ0n) is 11.8. The molecule has 1 unspecified atom stereocenters. The molecular weight excluding hydrogens is 278 g/mol. The fourth-order valence-corrected chi connectivity index (χ4v) is 1.99. The molecular formula is C16H16F2O3. The van der Waals surface area contributed by atoms with Gasteiger partial charge in [0.05, 0.1) is 7.11 Å². The van der Waals surface area contributed by atoms with Crippen molar-refractivity contribution in [2.75, 3.05) is 13.7 Å². The molecule has 0 heterocycles. The Bertz CT molecular complexity index is 609. The average Bonchev–Trinajstić information content (AvgIpc) is 2.43. The van der Waals surface area contributed by atoms with E-state index < -0.39 is 17.7 Å². The normalized spacial score (nSPS) is 12.0. The molecule has 2 aromatic carbocycles. The van der Waals surface area contributed by atoms with Crippen LogP contribution >= 0.6 is 0 Å². The van der Waals surface area contributed by atoms with Crippen LogP contribution in [-0.2, 0) is 0 Å². The number of hydrogen-bond donors (Lipinski definition) is 1. The number of rotatable bonds is 5. The van der Waals surface area contributed by atoms with Crippen LogP contribution in [0.5, 0.6) is 11.5 Å². The molecule has 2 aromatic rings. The molecule has 1 atom stereocenters. The van der Waals surface area contributed by atoms with Gasteiger partial charge in [-0.05, 0) is 19.1 Å². The van der Waals surface area contributed by atoms with Crippen molar-refractivity contribution in [2.24, 2.45) is 0 Å². The maximum Gasteiger partial charge on any atom is 0.129 e. The summed E-state index contributed by atoms with van der Waals surface area (Å²) in [6, 6.07) is 8.26. The first kappa shape index (κ1) is 15.3. The van der Waals surface area contributed by atoms with Crippen molar-refractivity contribution >= 4 is 0 Å². The second-order valence-corrected chi connectivity index (χ2v) is 4.68. The highest BCUT2D eigenvalue weighted by atomic mass is 19.1. The van der Waals surface area contributed by atoms with E-state index in [2.05, 4.69) is 0 Å². The summed E-state index contributed by atoms with van der Waals surface area (Å²) in [5, 5.41) is 10.2. The van der Waals surface area contributed by atoms with E-state index in [1.807, 2.05) is 13.0 Å². The van der Waals surface area contributed by atoms with Gasteiger partial charge in [0.1, 0.15) is 35.8 Å². The van der Waals surface area contributed by atoms with Crippen molar-refractivity contribution in [2.45, 2.75) is 13.0 Å². The van der Waals surface area contributed by atoms with Crippen LogP contribution in [-0.4, -0.2) is 18.8 Å². The molecule has 0 amide bonds. The summed E-state index contributed by atoms with van der Waals surface area (Å²) in [7, 11) is 1.50. The van der Waals surface area contributed by atoms with E-state index in [1.165, 1.54) is 7.11 Å². The monoisotopic (exact) mass is 294 g/mol. The van der Waals surface area contributed by atoms with Gasteiger partial charge in [0, 0.05) is 23.8 Å². The number of aryl methyl sites for hydroxylation is 1. The molecule has 0 spiro atoms. The van der Waals surface area contributed by atoms with Gasteiger partial charge in [-0.3, -0.25) is 0 Å². The molecule has 21 heavy (non-hydrogen) atoms. The topological polar surface area (TPSA) is 38.7 Å². The van der Waals surface area contributed by atoms with E-state index >= 15 is 0 Å². The molecule has 0 bridgehead atoms. The minimum absolute atomic E-state index is 0.0261. The molecule has 0 aliphatic heterocycles. The van der Waals surface area contributed by atoms with Gasteiger partial charge in [-0.15, -0.1) is 0 Å². The van der Waals surface area contributed by atoms with Crippen LogP contribution in [0.15, 0.2) is 36.4 Å². The van der Waals surface area contributed by atoms with E-state index in [0.717, 1.165) is 23.8 Å². The zero-order valence-corrected chi connectivity index (χ0v) is 11.8. The Balaban J connectivity index is 2.11. The highest BCUT2D eigenvalue weighted by Crippen LogP contribution is 2.27. The second-order valence-electron chi connectivity index (χ2n) is 4.68. The van der Waals surface area contributed by atoms with Crippen LogP contribution in [0.25, 0.3) is 0 Å². The number of benzene rings is 2. The van der Waals surface area contributed by atoms with Gasteiger partial charge in [0.15, 0.2) is 0 Å². The lowest BCUT2D eigenvalue weighted by molar-refractivity contribution is 0.105. The summed E-state index contributed by atoms with van der Waals surface area (Å²) in [6.07, 6.45) is -0.967. The van der Waals surface area contributed by atoms with Gasteiger partial charge in [-0.2, -0.15) is 0 Å². The summed E-state index contributed by atoms with van der Waals surface area (Å²) < 4.78 is 36.5. The van der Waals surface area contributed by atoms with Crippen molar-refractivity contribution in [1.29, 1.82) is 0 Å². The lowest BCUT2D eigenvalue weighted by atomic mass is 10.1. The predicted molar refractivity (Wildman–Crippen MR) is 74.5 cm³/mol. The van der Waals surface area contributed by atoms with Gasteiger partial charge in [-0.25, -0.2) is 8.78 Å². The highest BCUT2D eigenvalue weighted by Gasteiger charge is 2.15. The van der Waals surface area contributed by atoms with Crippen LogP contribution in [0.4, 0.5) is 8.78 Å². The maximum atomic E-state index is 13.0. The lowest BCUT2D eigenvalue weighted by Gasteiger charge is -2.16. The fraction of sp³-hybridized carbons (Fsp3) is 0.250. The minimum atomic E-state index is -0.967. The van der Waals surface area contributed by atoms with Crippen molar-refractivity contribution in [1.82, 2.24) is 0 Å². The molecule has 0 aliphatic carbocycles. The third-order valence-electron chi connectivity index (χ3n) is 2.99. The fourth-order valence-electron chi connectivity index (χ4n) is 1.99. The van der Waals surface area contributed by atoms with E-state index in [-0.39, 0.29) is 12.4 Å². The van der Waals surface area contributed by atoms with Gasteiger partial charge in [0.2, 0.25) is 0 Å². The minimum Gasteiger partial charge on any atom is -0.496 e. The SMILES string of the molecule is COc1ccc(C)cc1C(O)COc1cc(F)cc(F)c1. The van der Waals surface area contributed by atoms with Crippen molar-refractivity contribution in [3.8, 4) is 11.5 Å². The predicted octanol–water partition coefficient (Wildman–Crippen LogP) is 3.39. The summed E-state index contributed by atoms with van der Waals surface area (Å²) in [5.41, 5.74) is 1.52. The molecule has 0 saturated heterocycles. The molecule has 0 saturated carbocycles. The Morgan fingerprint density at radius 3 is 2.38 bits per heavy atom. The van der Waals surface area contributed by atoms with Crippen LogP contribution in [0, 0.1) is 18.6 Å². The van der Waals surface area contributed by atoms with Crippen LogP contribution in [0.3, 0.4) is 0 Å². The Hall–Kier alpha value is -2.14. The molecule has 3 nitrogen and oxygen atoms in total. The molecule has 0 aliphatic rings. The smallest absolute Gasteiger partial charge is 0.129 e. The second kappa shape index (κ2) is 6.54. The maximum absolute atomic E-state index is 13.0. The highest BCUT2D eigenvalue weighted by molar-refractivity contribution is 5.38. The lowest BCUT2D eigenvalue weighted by Crippen LogP contribution is -2.11. The number of ether oxygens (including phenoxy) is 2. The number of aliphatic hydroxyl groups is 1. The van der Waals surface area contributed by atoms with E-state index in [1.54, 1.807) is 12.1 Å². The molecule has 0 aromatic heterocycles. The number of hydrogen-bond acceptors (Lipinski definition) is 3. The van der Waals surface area contributed by atoms with E-state index in [4.69, 9.17) is 9.47 Å². The first-order valence-electron chi connectivity index (χ1n) is 6.41. The first-order chi connectivity index (χ1) is 9.99. The van der Waals surface area contributed by atoms with Crippen molar-refractivity contribution < 1.29 is 23.4 Å². The third-order valence-corrected chi connectivity index (χ3v) is 2.99. The summed E-state index contributed by atoms with van der Waals surface area (Å²) >= 11 is 0. The molecule has 2 rings (SSSR count). The number of methoxy groups -OCH3 is 1. The first-order valence-corrected chi connectivity index (χ1v) is 6.41. The largest absolute Gasteiger partial charge is 0.496 e. The molecule has 1 N–H and O–H groups in total. The van der Waals surface area contributed by atoms with Crippen LogP contribution < -0.4 is 9.47 Å².